The van der Waals surface area contributed by atoms with Crippen LogP contribution < -0.4 is 0 Å². The van der Waals surface area contributed by atoms with Crippen molar-refractivity contribution >= 4 is 22.6 Å². The van der Waals surface area contributed by atoms with Crippen LogP contribution in [0.2, 0.25) is 0 Å². The average molecular weight is 252 g/mol. The van der Waals surface area contributed by atoms with Crippen molar-refractivity contribution in [2.75, 3.05) is 4.43 Å². The summed E-state index contributed by atoms with van der Waals surface area (Å²) in [5.74, 6) is 0. The summed E-state index contributed by atoms with van der Waals surface area (Å²) in [5.41, 5.74) is 0.692. The van der Waals surface area contributed by atoms with Crippen LogP contribution in [0.4, 0.5) is 0 Å². The normalized spacial score (nSPS) is 25.8. The van der Waals surface area contributed by atoms with E-state index in [2.05, 4.69) is 29.5 Å². The molecule has 0 unspecified atom stereocenters. The van der Waals surface area contributed by atoms with Gasteiger partial charge in [0.15, 0.2) is 0 Å². The zero-order chi connectivity index (χ0) is 7.45. The van der Waals surface area contributed by atoms with Crippen molar-refractivity contribution < 1.29 is 0 Å². The Morgan fingerprint density at radius 3 is 2.00 bits per heavy atom. The van der Waals surface area contributed by atoms with Gasteiger partial charge in [-0.25, -0.2) is 0 Å². The molecule has 0 amide bonds. The second-order valence-electron chi connectivity index (χ2n) is 3.86. The lowest BCUT2D eigenvalue weighted by atomic mass is 9.85. The zero-order valence-corrected chi connectivity index (χ0v) is 8.99. The molecule has 1 fully saturated rings. The number of hydrogen-bond donors (Lipinski definition) is 0. The van der Waals surface area contributed by atoms with Gasteiger partial charge in [0.05, 0.1) is 0 Å². The van der Waals surface area contributed by atoms with Gasteiger partial charge in [-0.2, -0.15) is 0 Å². The molecule has 0 nitrogen and oxygen atoms in total. The van der Waals surface area contributed by atoms with E-state index in [4.69, 9.17) is 0 Å². The highest BCUT2D eigenvalue weighted by Crippen LogP contribution is 2.35. The van der Waals surface area contributed by atoms with E-state index in [-0.39, 0.29) is 0 Å². The summed E-state index contributed by atoms with van der Waals surface area (Å²) in [6, 6.07) is 0. The van der Waals surface area contributed by atoms with Gasteiger partial charge in [0.25, 0.3) is 0 Å². The van der Waals surface area contributed by atoms with Gasteiger partial charge >= 0.3 is 0 Å². The Bertz CT molecular complexity index is 90.9. The van der Waals surface area contributed by atoms with E-state index in [0.29, 0.717) is 5.41 Å². The quantitative estimate of drug-likeness (QED) is 0.378. The molecular formula is C9H17I. The van der Waals surface area contributed by atoms with Crippen molar-refractivity contribution in [2.45, 2.75) is 45.4 Å². The van der Waals surface area contributed by atoms with Gasteiger partial charge < -0.3 is 0 Å². The maximum absolute atomic E-state index is 2.54. The smallest absolute Gasteiger partial charge is 0.00493 e. The standard InChI is InChI=1S/C9H17I/c1-9(8-10)6-4-2-3-5-7-9/h2-8H2,1H3. The molecule has 0 aromatic heterocycles. The average Bonchev–Trinajstić information content (AvgIpc) is 2.15. The summed E-state index contributed by atoms with van der Waals surface area (Å²) >= 11 is 2.54. The van der Waals surface area contributed by atoms with Gasteiger partial charge in [0.2, 0.25) is 0 Å². The van der Waals surface area contributed by atoms with Crippen LogP contribution in [-0.2, 0) is 0 Å². The largest absolute Gasteiger partial charge is 0.0858 e. The Morgan fingerprint density at radius 1 is 1.10 bits per heavy atom. The van der Waals surface area contributed by atoms with E-state index >= 15 is 0 Å². The lowest BCUT2D eigenvalue weighted by molar-refractivity contribution is 0.329. The zero-order valence-electron chi connectivity index (χ0n) is 6.83. The van der Waals surface area contributed by atoms with Gasteiger partial charge in [0, 0.05) is 4.43 Å². The van der Waals surface area contributed by atoms with Gasteiger partial charge in [-0.15, -0.1) is 0 Å². The predicted octanol–water partition coefficient (Wildman–Crippen LogP) is 3.78. The Kier molecular flexibility index (Phi) is 3.47. The molecular weight excluding hydrogens is 235 g/mol. The fraction of sp³-hybridized carbons (Fsp3) is 1.00. The first-order chi connectivity index (χ1) is 4.77. The van der Waals surface area contributed by atoms with E-state index in [1.165, 1.54) is 43.0 Å². The Hall–Kier alpha value is 0.730. The third-order valence-corrected chi connectivity index (χ3v) is 4.47. The lowest BCUT2D eigenvalue weighted by Crippen LogP contribution is -2.16. The van der Waals surface area contributed by atoms with Crippen LogP contribution in [-0.4, -0.2) is 4.43 Å². The molecule has 60 valence electrons. The van der Waals surface area contributed by atoms with Gasteiger partial charge in [-0.1, -0.05) is 55.2 Å². The maximum atomic E-state index is 2.54. The van der Waals surface area contributed by atoms with Crippen molar-refractivity contribution in [2.24, 2.45) is 5.41 Å². The summed E-state index contributed by atoms with van der Waals surface area (Å²) in [6.45, 7) is 2.45. The summed E-state index contributed by atoms with van der Waals surface area (Å²) in [4.78, 5) is 0. The van der Waals surface area contributed by atoms with Crippen molar-refractivity contribution in [1.82, 2.24) is 0 Å². The summed E-state index contributed by atoms with van der Waals surface area (Å²) in [6.07, 6.45) is 8.84. The fourth-order valence-electron chi connectivity index (χ4n) is 1.72. The Balaban J connectivity index is 2.41. The molecule has 10 heavy (non-hydrogen) atoms. The number of rotatable bonds is 1. The van der Waals surface area contributed by atoms with Crippen LogP contribution in [0.1, 0.15) is 45.4 Å². The highest BCUT2D eigenvalue weighted by atomic mass is 127. The molecule has 1 aliphatic carbocycles. The fourth-order valence-corrected chi connectivity index (χ4v) is 2.48. The minimum Gasteiger partial charge on any atom is -0.0858 e. The number of halogens is 1. The molecule has 0 N–H and O–H groups in total. The molecule has 0 atom stereocenters. The summed E-state index contributed by atoms with van der Waals surface area (Å²) in [5, 5.41) is 0. The molecule has 0 aromatic carbocycles. The Labute approximate surface area is 77.9 Å². The summed E-state index contributed by atoms with van der Waals surface area (Å²) < 4.78 is 1.35. The van der Waals surface area contributed by atoms with Crippen LogP contribution in [0, 0.1) is 5.41 Å². The molecule has 0 aromatic rings. The van der Waals surface area contributed by atoms with Crippen LogP contribution in [0.15, 0.2) is 0 Å². The van der Waals surface area contributed by atoms with Crippen molar-refractivity contribution in [3.8, 4) is 0 Å². The van der Waals surface area contributed by atoms with Crippen LogP contribution >= 0.6 is 22.6 Å². The van der Waals surface area contributed by atoms with Gasteiger partial charge in [0.1, 0.15) is 0 Å². The summed E-state index contributed by atoms with van der Waals surface area (Å²) in [7, 11) is 0. The molecule has 0 spiro atoms. The van der Waals surface area contributed by atoms with Crippen LogP contribution in [0.25, 0.3) is 0 Å². The van der Waals surface area contributed by atoms with E-state index in [1.807, 2.05) is 0 Å². The van der Waals surface area contributed by atoms with Crippen LogP contribution in [0.5, 0.6) is 0 Å². The molecule has 0 saturated heterocycles. The number of alkyl halides is 1. The van der Waals surface area contributed by atoms with E-state index < -0.39 is 0 Å². The second kappa shape index (κ2) is 3.93. The molecule has 0 heterocycles. The topological polar surface area (TPSA) is 0 Å². The SMILES string of the molecule is CC1(CI)CCCCCC1. The minimum absolute atomic E-state index is 0.692. The highest BCUT2D eigenvalue weighted by molar-refractivity contribution is 14.1. The van der Waals surface area contributed by atoms with Gasteiger partial charge in [-0.05, 0) is 18.3 Å². The van der Waals surface area contributed by atoms with Crippen molar-refractivity contribution in [3.05, 3.63) is 0 Å². The lowest BCUT2D eigenvalue weighted by Gasteiger charge is -2.24. The highest BCUT2D eigenvalue weighted by Gasteiger charge is 2.23. The first-order valence-corrected chi connectivity index (χ1v) is 5.85. The van der Waals surface area contributed by atoms with E-state index in [9.17, 15) is 0 Å². The molecule has 0 bridgehead atoms. The third-order valence-electron chi connectivity index (χ3n) is 2.63. The minimum atomic E-state index is 0.692. The third kappa shape index (κ3) is 2.40. The molecule has 0 aliphatic heterocycles. The molecule has 1 saturated carbocycles. The molecule has 1 aliphatic rings. The predicted molar refractivity (Wildman–Crippen MR) is 54.7 cm³/mol. The first-order valence-electron chi connectivity index (χ1n) is 4.33. The Morgan fingerprint density at radius 2 is 1.60 bits per heavy atom. The molecule has 1 heteroatoms. The van der Waals surface area contributed by atoms with Crippen molar-refractivity contribution in [3.63, 3.8) is 0 Å². The molecule has 0 radical (unpaired) electrons. The van der Waals surface area contributed by atoms with Gasteiger partial charge in [-0.3, -0.25) is 0 Å². The second-order valence-corrected chi connectivity index (χ2v) is 4.62. The van der Waals surface area contributed by atoms with E-state index in [0.717, 1.165) is 0 Å². The monoisotopic (exact) mass is 252 g/mol. The number of hydrogen-bond acceptors (Lipinski definition) is 0. The maximum Gasteiger partial charge on any atom is 0.00493 e. The van der Waals surface area contributed by atoms with E-state index in [1.54, 1.807) is 0 Å². The molecule has 1 rings (SSSR count). The first kappa shape index (κ1) is 8.82. The van der Waals surface area contributed by atoms with Crippen LogP contribution in [0.3, 0.4) is 0 Å². The van der Waals surface area contributed by atoms with Crippen molar-refractivity contribution in [1.29, 1.82) is 0 Å².